The molecule has 1 aliphatic heterocycles. The first-order chi connectivity index (χ1) is 11.5. The summed E-state index contributed by atoms with van der Waals surface area (Å²) in [6.45, 7) is 1.15. The zero-order valence-electron chi connectivity index (χ0n) is 13.2. The third-order valence-corrected chi connectivity index (χ3v) is 4.94. The number of carbonyl (C=O) groups excluding carboxylic acids is 2. The van der Waals surface area contributed by atoms with E-state index in [2.05, 4.69) is 0 Å². The predicted octanol–water partition coefficient (Wildman–Crippen LogP) is 4.24. The van der Waals surface area contributed by atoms with Crippen molar-refractivity contribution in [2.45, 2.75) is 0 Å². The molecular formula is C19H17Cl2NO2. The molecule has 3 rings (SSSR count). The van der Waals surface area contributed by atoms with Crippen molar-refractivity contribution < 1.29 is 9.59 Å². The molecule has 0 aliphatic carbocycles. The molecular weight excluding hydrogens is 345 g/mol. The lowest BCUT2D eigenvalue weighted by Crippen LogP contribution is -2.29. The van der Waals surface area contributed by atoms with Gasteiger partial charge in [0.25, 0.3) is 0 Å². The van der Waals surface area contributed by atoms with Crippen LogP contribution in [0.3, 0.4) is 0 Å². The molecule has 0 N–H and O–H groups in total. The molecule has 5 heteroatoms. The molecule has 2 aromatic carbocycles. The Bertz CT molecular complexity index is 690. The summed E-state index contributed by atoms with van der Waals surface area (Å²) in [5, 5.41) is 1.17. The van der Waals surface area contributed by atoms with E-state index in [1.165, 1.54) is 0 Å². The summed E-state index contributed by atoms with van der Waals surface area (Å²) in [6, 6.07) is 13.7. The molecule has 0 spiro atoms. The van der Waals surface area contributed by atoms with Crippen molar-refractivity contribution in [3.05, 3.63) is 69.7 Å². The smallest absolute Gasteiger partial charge is 0.168 e. The van der Waals surface area contributed by atoms with E-state index in [-0.39, 0.29) is 23.4 Å². The Hall–Kier alpha value is -1.68. The van der Waals surface area contributed by atoms with Gasteiger partial charge in [0.05, 0.1) is 0 Å². The number of benzene rings is 2. The van der Waals surface area contributed by atoms with Crippen molar-refractivity contribution in [2.24, 2.45) is 11.8 Å². The molecule has 2 atom stereocenters. The molecule has 0 radical (unpaired) electrons. The second kappa shape index (κ2) is 7.06. The Morgan fingerprint density at radius 1 is 0.792 bits per heavy atom. The summed E-state index contributed by atoms with van der Waals surface area (Å²) in [4.78, 5) is 27.7. The second-order valence-electron chi connectivity index (χ2n) is 6.18. The Morgan fingerprint density at radius 2 is 1.12 bits per heavy atom. The summed E-state index contributed by atoms with van der Waals surface area (Å²) in [6.07, 6.45) is 0. The first-order valence-electron chi connectivity index (χ1n) is 7.74. The SMILES string of the molecule is CN1C[C@H](C(=O)c2ccc(Cl)cc2)[C@@H](C(=O)c2ccc(Cl)cc2)C1. The van der Waals surface area contributed by atoms with E-state index in [0.717, 1.165) is 0 Å². The molecule has 124 valence electrons. The van der Waals surface area contributed by atoms with Crippen LogP contribution in [0.1, 0.15) is 20.7 Å². The minimum atomic E-state index is -0.348. The van der Waals surface area contributed by atoms with Gasteiger partial charge in [0, 0.05) is 46.1 Å². The van der Waals surface area contributed by atoms with Gasteiger partial charge in [-0.15, -0.1) is 0 Å². The zero-order valence-corrected chi connectivity index (χ0v) is 14.7. The molecule has 0 amide bonds. The van der Waals surface area contributed by atoms with Gasteiger partial charge >= 0.3 is 0 Å². The monoisotopic (exact) mass is 361 g/mol. The number of nitrogens with zero attached hydrogens (tertiary/aromatic N) is 1. The Balaban J connectivity index is 1.86. The maximum atomic E-state index is 12.9. The standard InChI is InChI=1S/C19H17Cl2NO2/c1-22-10-16(18(23)12-2-6-14(20)7-3-12)17(11-22)19(24)13-4-8-15(21)9-5-13/h2-9,16-17H,10-11H2,1H3/t16-,17-/m0/s1. The summed E-state index contributed by atoms with van der Waals surface area (Å²) in [5.41, 5.74) is 1.18. The highest BCUT2D eigenvalue weighted by molar-refractivity contribution is 6.31. The number of likely N-dealkylation sites (tertiary alicyclic amines) is 1. The van der Waals surface area contributed by atoms with Gasteiger partial charge in [-0.05, 0) is 55.6 Å². The number of rotatable bonds is 4. The Morgan fingerprint density at radius 3 is 1.46 bits per heavy atom. The molecule has 1 heterocycles. The van der Waals surface area contributed by atoms with Gasteiger partial charge in [-0.2, -0.15) is 0 Å². The van der Waals surface area contributed by atoms with Crippen LogP contribution in [0.2, 0.25) is 10.0 Å². The molecule has 0 aromatic heterocycles. The third kappa shape index (κ3) is 3.54. The topological polar surface area (TPSA) is 37.4 Å². The molecule has 1 aliphatic rings. The van der Waals surface area contributed by atoms with Crippen molar-refractivity contribution in [3.8, 4) is 0 Å². The molecule has 0 unspecified atom stereocenters. The Labute approximate surface area is 151 Å². The van der Waals surface area contributed by atoms with E-state index in [9.17, 15) is 9.59 Å². The quantitative estimate of drug-likeness (QED) is 0.764. The molecule has 24 heavy (non-hydrogen) atoms. The second-order valence-corrected chi connectivity index (χ2v) is 7.05. The van der Waals surface area contributed by atoms with Gasteiger partial charge in [0.15, 0.2) is 11.6 Å². The van der Waals surface area contributed by atoms with Crippen molar-refractivity contribution in [1.29, 1.82) is 0 Å². The van der Waals surface area contributed by atoms with Crippen molar-refractivity contribution in [3.63, 3.8) is 0 Å². The third-order valence-electron chi connectivity index (χ3n) is 4.43. The fourth-order valence-electron chi connectivity index (χ4n) is 3.19. The molecule has 1 saturated heterocycles. The highest BCUT2D eigenvalue weighted by Crippen LogP contribution is 2.29. The van der Waals surface area contributed by atoms with Crippen LogP contribution in [0, 0.1) is 11.8 Å². The summed E-state index contributed by atoms with van der Waals surface area (Å²) in [7, 11) is 1.93. The van der Waals surface area contributed by atoms with Crippen LogP contribution in [0.4, 0.5) is 0 Å². The van der Waals surface area contributed by atoms with Gasteiger partial charge in [0.2, 0.25) is 0 Å². The van der Waals surface area contributed by atoms with Crippen molar-refractivity contribution in [2.75, 3.05) is 20.1 Å². The first kappa shape index (κ1) is 17.2. The van der Waals surface area contributed by atoms with Crippen molar-refractivity contribution >= 4 is 34.8 Å². The van der Waals surface area contributed by atoms with E-state index in [1.54, 1.807) is 48.5 Å². The molecule has 0 bridgehead atoms. The lowest BCUT2D eigenvalue weighted by atomic mass is 9.83. The maximum Gasteiger partial charge on any atom is 0.168 e. The molecule has 3 nitrogen and oxygen atoms in total. The van der Waals surface area contributed by atoms with Gasteiger partial charge in [0.1, 0.15) is 0 Å². The lowest BCUT2D eigenvalue weighted by Gasteiger charge is -2.16. The molecule has 1 fully saturated rings. The number of Topliss-reactive ketones (excluding diaryl/α,β-unsaturated/α-hetero) is 2. The highest BCUT2D eigenvalue weighted by atomic mass is 35.5. The number of halogens is 2. The first-order valence-corrected chi connectivity index (χ1v) is 8.49. The fraction of sp³-hybridized carbons (Fsp3) is 0.263. The minimum Gasteiger partial charge on any atom is -0.305 e. The van der Waals surface area contributed by atoms with E-state index in [0.29, 0.717) is 34.3 Å². The lowest BCUT2D eigenvalue weighted by molar-refractivity contribution is 0.0809. The fourth-order valence-corrected chi connectivity index (χ4v) is 3.44. The summed E-state index contributed by atoms with van der Waals surface area (Å²) >= 11 is 11.8. The number of carbonyl (C=O) groups is 2. The van der Waals surface area contributed by atoms with Crippen LogP contribution in [0.15, 0.2) is 48.5 Å². The van der Waals surface area contributed by atoms with Gasteiger partial charge in [-0.1, -0.05) is 23.2 Å². The number of ketones is 2. The van der Waals surface area contributed by atoms with E-state index in [4.69, 9.17) is 23.2 Å². The average Bonchev–Trinajstić information content (AvgIpc) is 2.97. The van der Waals surface area contributed by atoms with Crippen LogP contribution in [0.25, 0.3) is 0 Å². The van der Waals surface area contributed by atoms with E-state index < -0.39 is 0 Å². The van der Waals surface area contributed by atoms with Gasteiger partial charge < -0.3 is 4.90 Å². The zero-order chi connectivity index (χ0) is 17.3. The number of hydrogen-bond acceptors (Lipinski definition) is 3. The van der Waals surface area contributed by atoms with E-state index >= 15 is 0 Å². The van der Waals surface area contributed by atoms with Crippen molar-refractivity contribution in [1.82, 2.24) is 4.90 Å². The molecule has 0 saturated carbocycles. The normalized spacial score (nSPS) is 21.0. The van der Waals surface area contributed by atoms with Crippen LogP contribution in [0.5, 0.6) is 0 Å². The molecule has 2 aromatic rings. The van der Waals surface area contributed by atoms with Crippen LogP contribution in [-0.2, 0) is 0 Å². The summed E-state index contributed by atoms with van der Waals surface area (Å²) in [5.74, 6) is -0.717. The summed E-state index contributed by atoms with van der Waals surface area (Å²) < 4.78 is 0. The van der Waals surface area contributed by atoms with Crippen LogP contribution >= 0.6 is 23.2 Å². The van der Waals surface area contributed by atoms with Crippen LogP contribution in [-0.4, -0.2) is 36.6 Å². The predicted molar refractivity (Wildman–Crippen MR) is 96.0 cm³/mol. The highest BCUT2D eigenvalue weighted by Gasteiger charge is 2.40. The van der Waals surface area contributed by atoms with Gasteiger partial charge in [-0.25, -0.2) is 0 Å². The van der Waals surface area contributed by atoms with E-state index in [1.807, 2.05) is 11.9 Å². The minimum absolute atomic E-state index is 0.0108. The Kier molecular flexibility index (Phi) is 5.04. The number of hydrogen-bond donors (Lipinski definition) is 0. The van der Waals surface area contributed by atoms with Gasteiger partial charge in [-0.3, -0.25) is 9.59 Å². The average molecular weight is 362 g/mol. The largest absolute Gasteiger partial charge is 0.305 e. The van der Waals surface area contributed by atoms with Crippen LogP contribution < -0.4 is 0 Å². The maximum absolute atomic E-state index is 12.9.